The van der Waals surface area contributed by atoms with Gasteiger partial charge in [0.25, 0.3) is 0 Å². The summed E-state index contributed by atoms with van der Waals surface area (Å²) in [6.07, 6.45) is 0.524. The maximum Gasteiger partial charge on any atom is 0.231 e. The molecule has 0 saturated heterocycles. The maximum atomic E-state index is 10.9. The lowest BCUT2D eigenvalue weighted by Crippen LogP contribution is -2.19. The average Bonchev–Trinajstić information content (AvgIpc) is 3.14. The molecule has 0 N–H and O–H groups in total. The molecule has 2 heterocycles. The molecule has 0 bridgehead atoms. The quantitative estimate of drug-likeness (QED) is 0.705. The molecule has 24 heavy (non-hydrogen) atoms. The Labute approximate surface area is 144 Å². The Morgan fingerprint density at radius 1 is 0.708 bits per heavy atom. The molecule has 0 radical (unpaired) electrons. The molecule has 4 heteroatoms. The summed E-state index contributed by atoms with van der Waals surface area (Å²) in [7, 11) is 0. The van der Waals surface area contributed by atoms with E-state index in [0.29, 0.717) is 13.2 Å². The van der Waals surface area contributed by atoms with Crippen LogP contribution in [0.15, 0.2) is 48.5 Å². The Kier molecular flexibility index (Phi) is 9.05. The molecule has 2 aromatic carbocycles. The predicted octanol–water partition coefficient (Wildman–Crippen LogP) is 4.66. The van der Waals surface area contributed by atoms with Gasteiger partial charge >= 0.3 is 0 Å². The number of carbonyl (C=O) groups is 1. The minimum Gasteiger partial charge on any atom is -0.486 e. The van der Waals surface area contributed by atoms with Crippen LogP contribution in [0.2, 0.25) is 0 Å². The van der Waals surface area contributed by atoms with Gasteiger partial charge in [-0.05, 0) is 18.2 Å². The van der Waals surface area contributed by atoms with Crippen LogP contribution in [-0.2, 0) is 11.2 Å². The second-order valence-electron chi connectivity index (χ2n) is 4.47. The number of fused-ring (bicyclic) bond motifs is 2. The topological polar surface area (TPSA) is 44.8 Å². The summed E-state index contributed by atoms with van der Waals surface area (Å²) >= 11 is 0. The minimum absolute atomic E-state index is 0.156. The fourth-order valence-corrected chi connectivity index (χ4v) is 2.06. The summed E-state index contributed by atoms with van der Waals surface area (Å²) in [6, 6.07) is 15.3. The first-order valence-electron chi connectivity index (χ1n) is 8.40. The van der Waals surface area contributed by atoms with E-state index in [0.717, 1.165) is 22.8 Å². The largest absolute Gasteiger partial charge is 0.486 e. The third-order valence-corrected chi connectivity index (χ3v) is 3.03. The molecule has 0 fully saturated rings. The first-order valence-corrected chi connectivity index (χ1v) is 8.40. The lowest BCUT2D eigenvalue weighted by molar-refractivity contribution is -0.121. The van der Waals surface area contributed by atoms with E-state index in [-0.39, 0.29) is 12.4 Å². The Balaban J connectivity index is 0.000000202. The standard InChI is InChI=1S/C9H8O2.C7H6O2.2C2H6/c10-8-5-7-3-1-2-4-9(7)11-6-8;1-2-4-7-6(3-1)8-5-9-7;2*1-2/h1-4H,5-6H2;1-4H,5H2;2*1-2H3. The van der Waals surface area contributed by atoms with Gasteiger partial charge in [-0.25, -0.2) is 0 Å². The zero-order chi connectivity index (χ0) is 17.8. The van der Waals surface area contributed by atoms with Crippen LogP contribution in [0.25, 0.3) is 0 Å². The second-order valence-corrected chi connectivity index (χ2v) is 4.47. The molecule has 0 atom stereocenters. The van der Waals surface area contributed by atoms with Crippen molar-refractivity contribution in [2.24, 2.45) is 0 Å². The zero-order valence-corrected chi connectivity index (χ0v) is 14.9. The molecule has 4 nitrogen and oxygen atoms in total. The van der Waals surface area contributed by atoms with Gasteiger partial charge in [0.05, 0.1) is 0 Å². The third-order valence-electron chi connectivity index (χ3n) is 3.03. The monoisotopic (exact) mass is 330 g/mol. The van der Waals surface area contributed by atoms with Gasteiger partial charge in [0.2, 0.25) is 6.79 Å². The highest BCUT2D eigenvalue weighted by molar-refractivity contribution is 5.84. The van der Waals surface area contributed by atoms with Gasteiger partial charge in [0, 0.05) is 12.0 Å². The molecule has 0 unspecified atom stereocenters. The third kappa shape index (κ3) is 5.61. The van der Waals surface area contributed by atoms with Crippen LogP contribution < -0.4 is 14.2 Å². The van der Waals surface area contributed by atoms with Crippen molar-refractivity contribution in [2.45, 2.75) is 34.1 Å². The van der Waals surface area contributed by atoms with Crippen LogP contribution in [0.1, 0.15) is 33.3 Å². The maximum absolute atomic E-state index is 10.9. The minimum atomic E-state index is 0.156. The fourth-order valence-electron chi connectivity index (χ4n) is 2.06. The van der Waals surface area contributed by atoms with Crippen LogP contribution >= 0.6 is 0 Å². The zero-order valence-electron chi connectivity index (χ0n) is 14.9. The van der Waals surface area contributed by atoms with Gasteiger partial charge in [-0.3, -0.25) is 4.79 Å². The highest BCUT2D eigenvalue weighted by Gasteiger charge is 2.14. The smallest absolute Gasteiger partial charge is 0.231 e. The number of rotatable bonds is 0. The number of para-hydroxylation sites is 3. The summed E-state index contributed by atoms with van der Waals surface area (Å²) in [6.45, 7) is 8.59. The Morgan fingerprint density at radius 2 is 1.21 bits per heavy atom. The van der Waals surface area contributed by atoms with Gasteiger partial charge in [0.15, 0.2) is 17.3 Å². The summed E-state index contributed by atoms with van der Waals surface area (Å²) < 4.78 is 15.3. The van der Waals surface area contributed by atoms with Gasteiger partial charge < -0.3 is 14.2 Å². The first kappa shape index (κ1) is 19.6. The van der Waals surface area contributed by atoms with Crippen molar-refractivity contribution < 1.29 is 19.0 Å². The van der Waals surface area contributed by atoms with E-state index < -0.39 is 0 Å². The highest BCUT2D eigenvalue weighted by Crippen LogP contribution is 2.30. The van der Waals surface area contributed by atoms with Gasteiger partial charge in [-0.15, -0.1) is 0 Å². The van der Waals surface area contributed by atoms with E-state index >= 15 is 0 Å². The Morgan fingerprint density at radius 3 is 1.79 bits per heavy atom. The molecule has 0 aromatic heterocycles. The Bertz CT molecular complexity index is 600. The average molecular weight is 330 g/mol. The van der Waals surface area contributed by atoms with E-state index in [2.05, 4.69) is 0 Å². The molecular formula is C20H26O4. The lowest BCUT2D eigenvalue weighted by atomic mass is 10.1. The van der Waals surface area contributed by atoms with E-state index in [4.69, 9.17) is 14.2 Å². The van der Waals surface area contributed by atoms with Gasteiger partial charge in [-0.1, -0.05) is 58.0 Å². The lowest BCUT2D eigenvalue weighted by Gasteiger charge is -2.14. The normalized spacial score (nSPS) is 12.8. The number of carbonyl (C=O) groups excluding carboxylic acids is 1. The molecule has 2 aliphatic rings. The molecule has 0 spiro atoms. The number of ether oxygens (including phenoxy) is 3. The summed E-state index contributed by atoms with van der Waals surface area (Å²) in [5.74, 6) is 2.70. The number of hydrogen-bond donors (Lipinski definition) is 0. The number of Topliss-reactive ketones (excluding diaryl/α,β-unsaturated/α-hetero) is 1. The molecule has 2 aliphatic heterocycles. The first-order chi connectivity index (χ1) is 11.8. The highest BCUT2D eigenvalue weighted by atomic mass is 16.7. The van der Waals surface area contributed by atoms with Crippen molar-refractivity contribution in [1.29, 1.82) is 0 Å². The molecule has 0 saturated carbocycles. The van der Waals surface area contributed by atoms with Gasteiger partial charge in [0.1, 0.15) is 12.4 Å². The van der Waals surface area contributed by atoms with Crippen LogP contribution in [-0.4, -0.2) is 19.2 Å². The van der Waals surface area contributed by atoms with E-state index in [1.165, 1.54) is 0 Å². The van der Waals surface area contributed by atoms with Crippen LogP contribution in [0.3, 0.4) is 0 Å². The van der Waals surface area contributed by atoms with Crippen molar-refractivity contribution >= 4 is 5.78 Å². The molecule has 2 aromatic rings. The van der Waals surface area contributed by atoms with Crippen LogP contribution in [0.5, 0.6) is 17.2 Å². The van der Waals surface area contributed by atoms with Crippen molar-refractivity contribution in [2.75, 3.05) is 13.4 Å². The summed E-state index contributed by atoms with van der Waals surface area (Å²) in [5.41, 5.74) is 1.00. The van der Waals surface area contributed by atoms with Crippen LogP contribution in [0.4, 0.5) is 0 Å². The molecule has 4 rings (SSSR count). The molecule has 130 valence electrons. The second kappa shape index (κ2) is 11.1. The van der Waals surface area contributed by atoms with Gasteiger partial charge in [-0.2, -0.15) is 0 Å². The number of ketones is 1. The SMILES string of the molecule is CC.CC.O=C1COc2ccccc2C1.c1ccc2c(c1)OCO2. The summed E-state index contributed by atoms with van der Waals surface area (Å²) in [5, 5.41) is 0. The number of benzene rings is 2. The molecular weight excluding hydrogens is 304 g/mol. The van der Waals surface area contributed by atoms with Crippen molar-refractivity contribution in [1.82, 2.24) is 0 Å². The summed E-state index contributed by atoms with van der Waals surface area (Å²) in [4.78, 5) is 10.9. The van der Waals surface area contributed by atoms with Crippen molar-refractivity contribution in [3.05, 3.63) is 54.1 Å². The molecule has 0 amide bonds. The van der Waals surface area contributed by atoms with E-state index in [9.17, 15) is 4.79 Å². The van der Waals surface area contributed by atoms with Crippen molar-refractivity contribution in [3.8, 4) is 17.2 Å². The Hall–Kier alpha value is -2.49. The van der Waals surface area contributed by atoms with E-state index in [1.807, 2.05) is 76.2 Å². The molecule has 0 aliphatic carbocycles. The van der Waals surface area contributed by atoms with Crippen molar-refractivity contribution in [3.63, 3.8) is 0 Å². The fraction of sp³-hybridized carbons (Fsp3) is 0.350. The van der Waals surface area contributed by atoms with Crippen LogP contribution in [0, 0.1) is 0 Å². The number of hydrogen-bond acceptors (Lipinski definition) is 4. The predicted molar refractivity (Wildman–Crippen MR) is 95.9 cm³/mol. The van der Waals surface area contributed by atoms with E-state index in [1.54, 1.807) is 0 Å².